The molecule has 0 aliphatic heterocycles. The molecule has 33 heavy (non-hydrogen) atoms. The molecule has 2 heterocycles. The van der Waals surface area contributed by atoms with Crippen LogP contribution in [0.15, 0.2) is 58.8 Å². The highest BCUT2D eigenvalue weighted by atomic mass is 32.1. The van der Waals surface area contributed by atoms with Crippen LogP contribution in [0.2, 0.25) is 0 Å². The van der Waals surface area contributed by atoms with E-state index in [1.54, 1.807) is 42.0 Å². The van der Waals surface area contributed by atoms with E-state index in [9.17, 15) is 4.79 Å². The summed E-state index contributed by atoms with van der Waals surface area (Å²) in [6.45, 7) is 0.665. The van der Waals surface area contributed by atoms with E-state index in [0.29, 0.717) is 51.4 Å². The van der Waals surface area contributed by atoms with Crippen molar-refractivity contribution in [1.29, 1.82) is 5.26 Å². The van der Waals surface area contributed by atoms with Gasteiger partial charge in [0, 0.05) is 17.1 Å². The Labute approximate surface area is 195 Å². The molecule has 1 aliphatic rings. The lowest BCUT2D eigenvalue weighted by molar-refractivity contribution is 0.280. The number of hydrogen-bond donors (Lipinski definition) is 0. The number of methoxy groups -OCH3 is 1. The molecule has 164 valence electrons. The molecule has 7 heteroatoms. The lowest BCUT2D eigenvalue weighted by atomic mass is 10.0. The minimum atomic E-state index is -0.151. The topological polar surface area (TPSA) is 76.6 Å². The highest BCUT2D eigenvalue weighted by molar-refractivity contribution is 7.15. The summed E-state index contributed by atoms with van der Waals surface area (Å²) >= 11 is 1.40. The monoisotopic (exact) mass is 455 g/mol. The molecule has 2 aromatic heterocycles. The van der Waals surface area contributed by atoms with E-state index >= 15 is 0 Å². The van der Waals surface area contributed by atoms with Crippen molar-refractivity contribution in [2.24, 2.45) is 5.92 Å². The summed E-state index contributed by atoms with van der Waals surface area (Å²) in [5.74, 6) is 1.97. The van der Waals surface area contributed by atoms with Crippen LogP contribution >= 0.6 is 11.3 Å². The lowest BCUT2D eigenvalue weighted by Gasteiger charge is -2.13. The minimum absolute atomic E-state index is 0.151. The number of para-hydroxylation sites is 1. The molecule has 1 saturated carbocycles. The molecule has 0 atom stereocenters. The quantitative estimate of drug-likeness (QED) is 0.380. The summed E-state index contributed by atoms with van der Waals surface area (Å²) in [7, 11) is 1.63. The molecule has 2 aromatic carbocycles. The number of fused-ring (bicyclic) bond motifs is 1. The molecule has 6 nitrogen and oxygen atoms in total. The van der Waals surface area contributed by atoms with Crippen LogP contribution in [0.5, 0.6) is 11.5 Å². The second kappa shape index (κ2) is 8.93. The molecule has 1 aliphatic carbocycles. The number of nitriles is 1. The first-order chi connectivity index (χ1) is 16.2. The number of thiazole rings is 1. The van der Waals surface area contributed by atoms with Gasteiger partial charge in [0.1, 0.15) is 0 Å². The van der Waals surface area contributed by atoms with Crippen molar-refractivity contribution in [3.05, 3.63) is 81.2 Å². The number of aromatic nitrogens is 2. The van der Waals surface area contributed by atoms with Gasteiger partial charge in [-0.3, -0.25) is 9.20 Å². The Morgan fingerprint density at radius 1 is 1.21 bits per heavy atom. The van der Waals surface area contributed by atoms with Crippen molar-refractivity contribution < 1.29 is 9.47 Å². The van der Waals surface area contributed by atoms with Gasteiger partial charge in [0.05, 0.1) is 36.6 Å². The third-order valence-corrected chi connectivity index (χ3v) is 6.36. The number of benzene rings is 2. The molecule has 0 unspecified atom stereocenters. The molecular weight excluding hydrogens is 434 g/mol. The van der Waals surface area contributed by atoms with Crippen LogP contribution in [0.1, 0.15) is 29.7 Å². The van der Waals surface area contributed by atoms with Crippen LogP contribution in [-0.2, 0) is 0 Å². The SMILES string of the molecule is COc1cccc(/C=C/c2nc3sccn3c(=O)c2-c2ccc(C#N)cc2)c1OCC1CC1. The first-order valence-electron chi connectivity index (χ1n) is 10.7. The van der Waals surface area contributed by atoms with Crippen molar-refractivity contribution >= 4 is 28.4 Å². The fourth-order valence-corrected chi connectivity index (χ4v) is 4.35. The van der Waals surface area contributed by atoms with Crippen molar-refractivity contribution in [2.75, 3.05) is 13.7 Å². The molecule has 0 N–H and O–H groups in total. The van der Waals surface area contributed by atoms with Gasteiger partial charge in [-0.2, -0.15) is 5.26 Å². The highest BCUT2D eigenvalue weighted by Gasteiger charge is 2.23. The van der Waals surface area contributed by atoms with Gasteiger partial charge in [0.15, 0.2) is 16.5 Å². The van der Waals surface area contributed by atoms with Crippen molar-refractivity contribution in [2.45, 2.75) is 12.8 Å². The number of nitrogens with zero attached hydrogens (tertiary/aromatic N) is 3. The Morgan fingerprint density at radius 2 is 2.03 bits per heavy atom. The second-order valence-corrected chi connectivity index (χ2v) is 8.76. The van der Waals surface area contributed by atoms with E-state index in [1.165, 1.54) is 24.2 Å². The van der Waals surface area contributed by atoms with Gasteiger partial charge < -0.3 is 9.47 Å². The van der Waals surface area contributed by atoms with Gasteiger partial charge in [0.2, 0.25) is 0 Å². The summed E-state index contributed by atoms with van der Waals surface area (Å²) in [6, 6.07) is 14.8. The normalized spacial score (nSPS) is 13.3. The second-order valence-electron chi connectivity index (χ2n) is 7.89. The average molecular weight is 456 g/mol. The Balaban J connectivity index is 1.60. The first kappa shape index (κ1) is 21.0. The van der Waals surface area contributed by atoms with Gasteiger partial charge in [-0.1, -0.05) is 24.3 Å². The Morgan fingerprint density at radius 3 is 2.76 bits per heavy atom. The van der Waals surface area contributed by atoms with E-state index in [1.807, 2.05) is 35.7 Å². The summed E-state index contributed by atoms with van der Waals surface area (Å²) in [4.78, 5) is 18.7. The summed E-state index contributed by atoms with van der Waals surface area (Å²) in [6.07, 6.45) is 7.87. The first-order valence-corrected chi connectivity index (χ1v) is 11.5. The molecule has 0 amide bonds. The van der Waals surface area contributed by atoms with Crippen molar-refractivity contribution in [1.82, 2.24) is 9.38 Å². The standard InChI is InChI=1S/C26H21N3O3S/c1-31-22-4-2-3-20(24(22)32-16-18-5-6-18)11-12-21-23(19-9-7-17(15-27)8-10-19)25(30)29-13-14-33-26(29)28-21/h2-4,7-14,18H,5-6,16H2,1H3/b12-11+. The summed E-state index contributed by atoms with van der Waals surface area (Å²) in [5, 5.41) is 11.0. The number of ether oxygens (including phenoxy) is 2. The van der Waals surface area contributed by atoms with Gasteiger partial charge in [-0.15, -0.1) is 11.3 Å². The molecular formula is C26H21N3O3S. The van der Waals surface area contributed by atoms with Gasteiger partial charge >= 0.3 is 0 Å². The van der Waals surface area contributed by atoms with Crippen LogP contribution in [0.3, 0.4) is 0 Å². The van der Waals surface area contributed by atoms with Crippen molar-refractivity contribution in [3.63, 3.8) is 0 Å². The average Bonchev–Trinajstić information content (AvgIpc) is 3.56. The molecule has 5 rings (SSSR count). The van der Waals surface area contributed by atoms with Crippen LogP contribution in [-0.4, -0.2) is 23.1 Å². The molecule has 0 spiro atoms. The zero-order valence-corrected chi connectivity index (χ0v) is 18.8. The maximum atomic E-state index is 13.3. The number of rotatable bonds is 7. The van der Waals surface area contributed by atoms with Gasteiger partial charge in [-0.25, -0.2) is 4.98 Å². The smallest absolute Gasteiger partial charge is 0.266 e. The van der Waals surface area contributed by atoms with Crippen LogP contribution in [0.25, 0.3) is 28.2 Å². The van der Waals surface area contributed by atoms with E-state index in [0.717, 1.165) is 5.56 Å². The van der Waals surface area contributed by atoms with Crippen molar-refractivity contribution in [3.8, 4) is 28.7 Å². The Kier molecular flexibility index (Phi) is 5.68. The zero-order valence-electron chi connectivity index (χ0n) is 18.0. The molecule has 0 saturated heterocycles. The molecule has 1 fully saturated rings. The highest BCUT2D eigenvalue weighted by Crippen LogP contribution is 2.36. The van der Waals surface area contributed by atoms with E-state index in [4.69, 9.17) is 19.7 Å². The van der Waals surface area contributed by atoms with E-state index in [-0.39, 0.29) is 5.56 Å². The third kappa shape index (κ3) is 4.26. The molecule has 0 radical (unpaired) electrons. The Hall–Kier alpha value is -3.89. The van der Waals surface area contributed by atoms with Crippen LogP contribution in [0, 0.1) is 17.2 Å². The zero-order chi connectivity index (χ0) is 22.8. The van der Waals surface area contributed by atoms with Gasteiger partial charge in [0.25, 0.3) is 5.56 Å². The predicted molar refractivity (Wildman–Crippen MR) is 130 cm³/mol. The maximum absolute atomic E-state index is 13.3. The fraction of sp³-hybridized carbons (Fsp3) is 0.192. The van der Waals surface area contributed by atoms with E-state index in [2.05, 4.69) is 6.07 Å². The maximum Gasteiger partial charge on any atom is 0.266 e. The lowest BCUT2D eigenvalue weighted by Crippen LogP contribution is -2.17. The Bertz CT molecular complexity index is 1440. The summed E-state index contributed by atoms with van der Waals surface area (Å²) in [5.41, 5.74) is 2.99. The van der Waals surface area contributed by atoms with E-state index < -0.39 is 0 Å². The van der Waals surface area contributed by atoms with Crippen LogP contribution < -0.4 is 15.0 Å². The molecule has 0 bridgehead atoms. The largest absolute Gasteiger partial charge is 0.493 e. The predicted octanol–water partition coefficient (Wildman–Crippen LogP) is 5.26. The minimum Gasteiger partial charge on any atom is -0.493 e. The molecule has 4 aromatic rings. The fourth-order valence-electron chi connectivity index (χ4n) is 3.63. The summed E-state index contributed by atoms with van der Waals surface area (Å²) < 4.78 is 13.2. The van der Waals surface area contributed by atoms with Crippen LogP contribution in [0.4, 0.5) is 0 Å². The van der Waals surface area contributed by atoms with Gasteiger partial charge in [-0.05, 0) is 54.7 Å². The third-order valence-electron chi connectivity index (χ3n) is 5.61. The number of hydrogen-bond acceptors (Lipinski definition) is 6.